The van der Waals surface area contributed by atoms with Gasteiger partial charge in [-0.2, -0.15) is 4.98 Å². The molecule has 6 nitrogen and oxygen atoms in total. The molecule has 134 valence electrons. The van der Waals surface area contributed by atoms with E-state index in [1.165, 1.54) is 12.1 Å². The van der Waals surface area contributed by atoms with Gasteiger partial charge in [0.05, 0.1) is 0 Å². The van der Waals surface area contributed by atoms with Gasteiger partial charge in [-0.25, -0.2) is 8.91 Å². The summed E-state index contributed by atoms with van der Waals surface area (Å²) in [5.41, 5.74) is 9.38. The second-order valence-corrected chi connectivity index (χ2v) is 6.08. The van der Waals surface area contributed by atoms with Gasteiger partial charge < -0.3 is 11.1 Å². The van der Waals surface area contributed by atoms with Gasteiger partial charge in [-0.15, -0.1) is 5.10 Å². The average molecular weight is 361 g/mol. The number of nitrogens with one attached hydrogen (secondary N) is 1. The normalized spacial score (nSPS) is 10.9. The number of carbonyl (C=O) groups is 1. The standard InChI is InChI=1S/C20H16FN5O/c21-17-3-1-2-13(10-17)11-23-19(27)15-6-4-14(5-7-15)16-8-9-18-24-20(22)25-26(18)12-16/h1-10,12H,11H2,(H2,22,25)(H,23,27). The first-order chi connectivity index (χ1) is 13.1. The van der Waals surface area contributed by atoms with Crippen molar-refractivity contribution in [2.45, 2.75) is 6.54 Å². The number of hydrogen-bond acceptors (Lipinski definition) is 4. The summed E-state index contributed by atoms with van der Waals surface area (Å²) in [4.78, 5) is 16.4. The molecular weight excluding hydrogens is 345 g/mol. The minimum absolute atomic E-state index is 0.217. The Hall–Kier alpha value is -3.74. The van der Waals surface area contributed by atoms with Crippen molar-refractivity contribution in [3.05, 3.63) is 83.8 Å². The number of fused-ring (bicyclic) bond motifs is 1. The summed E-state index contributed by atoms with van der Waals surface area (Å²) >= 11 is 0. The van der Waals surface area contributed by atoms with E-state index in [4.69, 9.17) is 5.73 Å². The van der Waals surface area contributed by atoms with Crippen LogP contribution in [-0.2, 0) is 6.54 Å². The number of anilines is 1. The number of rotatable bonds is 4. The zero-order valence-electron chi connectivity index (χ0n) is 14.3. The highest BCUT2D eigenvalue weighted by Gasteiger charge is 2.07. The molecule has 0 fully saturated rings. The minimum atomic E-state index is -0.322. The molecule has 0 aliphatic rings. The molecule has 0 saturated carbocycles. The quantitative estimate of drug-likeness (QED) is 0.585. The van der Waals surface area contributed by atoms with E-state index in [0.29, 0.717) is 16.8 Å². The Morgan fingerprint density at radius 2 is 1.85 bits per heavy atom. The van der Waals surface area contributed by atoms with Crippen LogP contribution in [0, 0.1) is 5.82 Å². The fourth-order valence-corrected chi connectivity index (χ4v) is 2.82. The molecule has 3 N–H and O–H groups in total. The summed E-state index contributed by atoms with van der Waals surface area (Å²) in [6, 6.07) is 17.1. The van der Waals surface area contributed by atoms with Crippen molar-refractivity contribution in [2.75, 3.05) is 5.73 Å². The smallest absolute Gasteiger partial charge is 0.251 e. The molecular formula is C20H16FN5O. The largest absolute Gasteiger partial charge is 0.366 e. The third-order valence-corrected chi connectivity index (χ3v) is 4.17. The second kappa shape index (κ2) is 6.87. The topological polar surface area (TPSA) is 85.3 Å². The molecule has 2 aromatic heterocycles. The lowest BCUT2D eigenvalue weighted by Crippen LogP contribution is -2.22. The zero-order valence-corrected chi connectivity index (χ0v) is 14.3. The number of benzene rings is 2. The molecule has 4 rings (SSSR count). The Balaban J connectivity index is 1.48. The van der Waals surface area contributed by atoms with Gasteiger partial charge in [0, 0.05) is 23.9 Å². The van der Waals surface area contributed by atoms with Crippen LogP contribution in [0.2, 0.25) is 0 Å². The number of pyridine rings is 1. The fourth-order valence-electron chi connectivity index (χ4n) is 2.82. The highest BCUT2D eigenvalue weighted by atomic mass is 19.1. The Morgan fingerprint density at radius 1 is 1.07 bits per heavy atom. The summed E-state index contributed by atoms with van der Waals surface area (Å²) in [7, 11) is 0. The maximum atomic E-state index is 13.2. The number of aromatic nitrogens is 3. The first-order valence-electron chi connectivity index (χ1n) is 8.33. The van der Waals surface area contributed by atoms with Gasteiger partial charge >= 0.3 is 0 Å². The fraction of sp³-hybridized carbons (Fsp3) is 0.0500. The monoisotopic (exact) mass is 361 g/mol. The van der Waals surface area contributed by atoms with E-state index in [1.807, 2.05) is 30.5 Å². The summed E-state index contributed by atoms with van der Waals surface area (Å²) < 4.78 is 14.8. The molecule has 2 heterocycles. The molecule has 0 radical (unpaired) electrons. The molecule has 0 aliphatic carbocycles. The first-order valence-corrected chi connectivity index (χ1v) is 8.33. The molecule has 0 saturated heterocycles. The number of carbonyl (C=O) groups excluding carboxylic acids is 1. The number of nitrogens with two attached hydrogens (primary N) is 1. The van der Waals surface area contributed by atoms with Crippen molar-refractivity contribution in [2.24, 2.45) is 0 Å². The van der Waals surface area contributed by atoms with Crippen molar-refractivity contribution >= 4 is 17.5 Å². The van der Waals surface area contributed by atoms with Crippen molar-refractivity contribution in [3.63, 3.8) is 0 Å². The Kier molecular flexibility index (Phi) is 4.25. The molecule has 0 unspecified atom stereocenters. The van der Waals surface area contributed by atoms with Crippen LogP contribution in [0.25, 0.3) is 16.8 Å². The maximum absolute atomic E-state index is 13.2. The van der Waals surface area contributed by atoms with Crippen LogP contribution in [-0.4, -0.2) is 20.5 Å². The van der Waals surface area contributed by atoms with Crippen LogP contribution >= 0.6 is 0 Å². The van der Waals surface area contributed by atoms with E-state index >= 15 is 0 Å². The SMILES string of the molecule is Nc1nc2ccc(-c3ccc(C(=O)NCc4cccc(F)c4)cc3)cn2n1. The zero-order chi connectivity index (χ0) is 18.8. The van der Waals surface area contributed by atoms with Crippen molar-refractivity contribution in [1.82, 2.24) is 19.9 Å². The number of nitrogens with zero attached hydrogens (tertiary/aromatic N) is 3. The van der Waals surface area contributed by atoms with E-state index in [-0.39, 0.29) is 24.2 Å². The van der Waals surface area contributed by atoms with E-state index in [9.17, 15) is 9.18 Å². The predicted octanol–water partition coefficient (Wildman–Crippen LogP) is 3.05. The van der Waals surface area contributed by atoms with Crippen LogP contribution in [0.3, 0.4) is 0 Å². The molecule has 0 atom stereocenters. The Labute approximate surface area is 154 Å². The lowest BCUT2D eigenvalue weighted by molar-refractivity contribution is 0.0951. The van der Waals surface area contributed by atoms with Gasteiger partial charge in [0.15, 0.2) is 5.65 Å². The third-order valence-electron chi connectivity index (χ3n) is 4.17. The maximum Gasteiger partial charge on any atom is 0.251 e. The molecule has 4 aromatic rings. The lowest BCUT2D eigenvalue weighted by atomic mass is 10.1. The highest BCUT2D eigenvalue weighted by Crippen LogP contribution is 2.20. The van der Waals surface area contributed by atoms with Gasteiger partial charge in [-0.05, 0) is 47.5 Å². The highest BCUT2D eigenvalue weighted by molar-refractivity contribution is 5.94. The summed E-state index contributed by atoms with van der Waals surface area (Å²) in [5.74, 6) is -0.319. The van der Waals surface area contributed by atoms with Crippen molar-refractivity contribution < 1.29 is 9.18 Å². The molecule has 1 amide bonds. The van der Waals surface area contributed by atoms with E-state index in [0.717, 1.165) is 11.1 Å². The van der Waals surface area contributed by atoms with E-state index in [1.54, 1.807) is 28.8 Å². The Bertz CT molecular complexity index is 1120. The number of nitrogen functional groups attached to an aromatic ring is 1. The van der Waals surface area contributed by atoms with E-state index in [2.05, 4.69) is 15.4 Å². The molecule has 7 heteroatoms. The summed E-state index contributed by atoms with van der Waals surface area (Å²) in [6.45, 7) is 0.267. The molecule has 0 spiro atoms. The van der Waals surface area contributed by atoms with Crippen molar-refractivity contribution in [1.29, 1.82) is 0 Å². The minimum Gasteiger partial charge on any atom is -0.366 e. The van der Waals surface area contributed by atoms with Gasteiger partial charge in [-0.3, -0.25) is 4.79 Å². The average Bonchev–Trinajstić information content (AvgIpc) is 3.05. The molecule has 27 heavy (non-hydrogen) atoms. The van der Waals surface area contributed by atoms with Gasteiger partial charge in [0.1, 0.15) is 5.82 Å². The summed E-state index contributed by atoms with van der Waals surface area (Å²) in [5, 5.41) is 6.88. The number of hydrogen-bond donors (Lipinski definition) is 2. The summed E-state index contributed by atoms with van der Waals surface area (Å²) in [6.07, 6.45) is 1.83. The van der Waals surface area contributed by atoms with Crippen molar-refractivity contribution in [3.8, 4) is 11.1 Å². The van der Waals surface area contributed by atoms with Crippen LogP contribution in [0.5, 0.6) is 0 Å². The van der Waals surface area contributed by atoms with Crippen LogP contribution in [0.4, 0.5) is 10.3 Å². The number of halogens is 1. The van der Waals surface area contributed by atoms with Gasteiger partial charge in [-0.1, -0.05) is 24.3 Å². The Morgan fingerprint density at radius 3 is 2.63 bits per heavy atom. The first kappa shape index (κ1) is 16.7. The van der Waals surface area contributed by atoms with E-state index < -0.39 is 0 Å². The van der Waals surface area contributed by atoms with Crippen LogP contribution in [0.1, 0.15) is 15.9 Å². The second-order valence-electron chi connectivity index (χ2n) is 6.08. The molecule has 0 aliphatic heterocycles. The molecule has 2 aromatic carbocycles. The van der Waals surface area contributed by atoms with Crippen LogP contribution < -0.4 is 11.1 Å². The van der Waals surface area contributed by atoms with Crippen LogP contribution in [0.15, 0.2) is 66.9 Å². The number of amides is 1. The van der Waals surface area contributed by atoms with Gasteiger partial charge in [0.25, 0.3) is 5.91 Å². The van der Waals surface area contributed by atoms with Gasteiger partial charge in [0.2, 0.25) is 5.95 Å². The predicted molar refractivity (Wildman–Crippen MR) is 100 cm³/mol. The molecule has 0 bridgehead atoms. The lowest BCUT2D eigenvalue weighted by Gasteiger charge is -2.07. The third kappa shape index (κ3) is 3.62.